The van der Waals surface area contributed by atoms with Gasteiger partial charge in [-0.3, -0.25) is 0 Å². The average Bonchev–Trinajstić information content (AvgIpc) is 3.67. The maximum Gasteiger partial charge on any atom is 0.0999 e. The predicted molar refractivity (Wildman–Crippen MR) is 248 cm³/mol. The summed E-state index contributed by atoms with van der Waals surface area (Å²) in [7, 11) is 0. The van der Waals surface area contributed by atoms with E-state index >= 15 is 0 Å². The Hall–Kier alpha value is -8.75. The van der Waals surface area contributed by atoms with Gasteiger partial charge >= 0.3 is 0 Å². The number of nitrogens with zero attached hydrogens (tertiary/aromatic N) is 4. The van der Waals surface area contributed by atoms with Gasteiger partial charge in [0.25, 0.3) is 0 Å². The Morgan fingerprint density at radius 3 is 1.20 bits per heavy atom. The smallest absolute Gasteiger partial charge is 0.0999 e. The second kappa shape index (κ2) is 15.5. The quantitative estimate of drug-likeness (QED) is 0.162. The molecule has 0 bridgehead atoms. The number of hydrogen-bond donors (Lipinski definition) is 0. The molecular weight excluding hydrogens is 741 g/mol. The van der Waals surface area contributed by atoms with Gasteiger partial charge in [-0.15, -0.1) is 0 Å². The maximum absolute atomic E-state index is 11.1. The van der Waals surface area contributed by atoms with Gasteiger partial charge in [0.15, 0.2) is 0 Å². The Balaban J connectivity index is 1.57. The molecule has 0 aliphatic carbocycles. The van der Waals surface area contributed by atoms with Crippen LogP contribution in [-0.4, -0.2) is 4.57 Å². The topological polar surface area (TPSA) is 76.3 Å². The fourth-order valence-corrected chi connectivity index (χ4v) is 8.94. The minimum Gasteiger partial charge on any atom is -0.308 e. The Morgan fingerprint density at radius 2 is 0.705 bits per heavy atom. The van der Waals surface area contributed by atoms with Crippen molar-refractivity contribution in [2.45, 2.75) is 0 Å². The van der Waals surface area contributed by atoms with Crippen LogP contribution in [0.25, 0.3) is 94.3 Å². The van der Waals surface area contributed by atoms with Crippen LogP contribution in [0.1, 0.15) is 16.7 Å². The summed E-state index contributed by atoms with van der Waals surface area (Å²) >= 11 is 0. The first-order chi connectivity index (χ1) is 30.2. The predicted octanol–water partition coefficient (Wildman–Crippen LogP) is 14.4. The number of hydrogen-bond acceptors (Lipinski definition) is 3. The van der Waals surface area contributed by atoms with Crippen molar-refractivity contribution in [1.29, 1.82) is 15.8 Å². The molecule has 10 rings (SSSR count). The monoisotopic (exact) mass is 774 g/mol. The standard InChI is InChI=1S/C57H34N4/c58-35-38-32-45(36-59)51(46(33-38)37-60)56-54(42-24-12-4-13-25-42)52(40-20-8-2-9-21-40)53(41-22-10-3-11-23-41)55(43-26-14-5-15-27-43)57(56)61-49-29-17-16-28-47(49)48-31-30-44(34-50(48)61)39-18-6-1-7-19-39/h1-34H. The molecule has 0 N–H and O–H groups in total. The Labute approximate surface area is 354 Å². The largest absolute Gasteiger partial charge is 0.308 e. The third kappa shape index (κ3) is 6.23. The van der Waals surface area contributed by atoms with E-state index in [1.54, 1.807) is 12.1 Å². The van der Waals surface area contributed by atoms with Gasteiger partial charge in [0.05, 0.1) is 51.6 Å². The van der Waals surface area contributed by atoms with Crippen LogP contribution < -0.4 is 0 Å². The fraction of sp³-hybridized carbons (Fsp3) is 0. The summed E-state index contributed by atoms with van der Waals surface area (Å²) in [6, 6.07) is 77.4. The van der Waals surface area contributed by atoms with E-state index in [2.05, 4.69) is 174 Å². The van der Waals surface area contributed by atoms with Gasteiger partial charge in [-0.2, -0.15) is 15.8 Å². The van der Waals surface area contributed by atoms with Crippen molar-refractivity contribution in [2.75, 3.05) is 0 Å². The molecule has 0 amide bonds. The molecule has 4 heteroatoms. The minimum atomic E-state index is 0.241. The third-order valence-corrected chi connectivity index (χ3v) is 11.5. The van der Waals surface area contributed by atoms with Crippen molar-refractivity contribution in [2.24, 2.45) is 0 Å². The molecule has 0 fully saturated rings. The molecule has 9 aromatic carbocycles. The van der Waals surface area contributed by atoms with E-state index in [0.29, 0.717) is 11.1 Å². The molecule has 282 valence electrons. The van der Waals surface area contributed by atoms with E-state index in [0.717, 1.165) is 83.1 Å². The lowest BCUT2D eigenvalue weighted by molar-refractivity contribution is 1.18. The van der Waals surface area contributed by atoms with Crippen LogP contribution >= 0.6 is 0 Å². The highest BCUT2D eigenvalue weighted by Gasteiger charge is 2.33. The van der Waals surface area contributed by atoms with Gasteiger partial charge < -0.3 is 4.57 Å². The lowest BCUT2D eigenvalue weighted by Gasteiger charge is -2.30. The third-order valence-electron chi connectivity index (χ3n) is 11.5. The van der Waals surface area contributed by atoms with Crippen LogP contribution in [0, 0.1) is 34.0 Å². The van der Waals surface area contributed by atoms with Crippen LogP contribution in [0.3, 0.4) is 0 Å². The molecule has 4 nitrogen and oxygen atoms in total. The fourth-order valence-electron chi connectivity index (χ4n) is 8.94. The summed E-state index contributed by atoms with van der Waals surface area (Å²) in [6.07, 6.45) is 0. The minimum absolute atomic E-state index is 0.241. The molecule has 10 aromatic rings. The number of aromatic nitrogens is 1. The zero-order valence-corrected chi connectivity index (χ0v) is 32.9. The number of nitriles is 3. The second-order valence-electron chi connectivity index (χ2n) is 14.9. The van der Waals surface area contributed by atoms with Crippen LogP contribution in [0.4, 0.5) is 0 Å². The maximum atomic E-state index is 11.1. The molecular formula is C57H34N4. The summed E-state index contributed by atoms with van der Waals surface area (Å²) in [6.45, 7) is 0. The summed E-state index contributed by atoms with van der Waals surface area (Å²) in [4.78, 5) is 0. The van der Waals surface area contributed by atoms with Gasteiger partial charge in [-0.1, -0.05) is 182 Å². The summed E-state index contributed by atoms with van der Waals surface area (Å²) in [5.74, 6) is 0. The summed E-state index contributed by atoms with van der Waals surface area (Å²) in [5, 5.41) is 34.6. The SMILES string of the molecule is N#Cc1cc(C#N)c(-c2c(-c3ccccc3)c(-c3ccccc3)c(-c3ccccc3)c(-c3ccccc3)c2-n2c3ccccc3c3ccc(-c4ccccc4)cc32)c(C#N)c1. The van der Waals surface area contributed by atoms with Gasteiger partial charge in [-0.05, 0) is 63.2 Å². The Bertz CT molecular complexity index is 3370. The van der Waals surface area contributed by atoms with E-state index in [9.17, 15) is 15.8 Å². The molecule has 1 heterocycles. The summed E-state index contributed by atoms with van der Waals surface area (Å²) in [5.41, 5.74) is 14.4. The first-order valence-corrected chi connectivity index (χ1v) is 20.1. The molecule has 0 aliphatic rings. The molecule has 0 saturated heterocycles. The summed E-state index contributed by atoms with van der Waals surface area (Å²) < 4.78 is 2.35. The van der Waals surface area contributed by atoms with Crippen LogP contribution in [0.2, 0.25) is 0 Å². The van der Waals surface area contributed by atoms with Gasteiger partial charge in [-0.25, -0.2) is 0 Å². The van der Waals surface area contributed by atoms with Gasteiger partial charge in [0.2, 0.25) is 0 Å². The first-order valence-electron chi connectivity index (χ1n) is 20.1. The van der Waals surface area contributed by atoms with Crippen LogP contribution in [0.15, 0.2) is 206 Å². The number of para-hydroxylation sites is 1. The van der Waals surface area contributed by atoms with Crippen molar-refractivity contribution >= 4 is 21.8 Å². The molecule has 0 saturated carbocycles. The van der Waals surface area contributed by atoms with Crippen molar-refractivity contribution < 1.29 is 0 Å². The zero-order chi connectivity index (χ0) is 41.3. The Morgan fingerprint density at radius 1 is 0.295 bits per heavy atom. The highest BCUT2D eigenvalue weighted by Crippen LogP contribution is 2.56. The van der Waals surface area contributed by atoms with E-state index in [-0.39, 0.29) is 16.7 Å². The second-order valence-corrected chi connectivity index (χ2v) is 14.9. The van der Waals surface area contributed by atoms with Gasteiger partial charge in [0.1, 0.15) is 0 Å². The molecule has 0 spiro atoms. The van der Waals surface area contributed by atoms with E-state index in [1.807, 2.05) is 42.5 Å². The normalized spacial score (nSPS) is 10.9. The van der Waals surface area contributed by atoms with E-state index < -0.39 is 0 Å². The van der Waals surface area contributed by atoms with E-state index in [1.165, 1.54) is 0 Å². The number of rotatable bonds is 7. The van der Waals surface area contributed by atoms with Crippen LogP contribution in [-0.2, 0) is 0 Å². The van der Waals surface area contributed by atoms with Gasteiger partial charge in [0, 0.05) is 38.6 Å². The lowest BCUT2D eigenvalue weighted by atomic mass is 9.76. The molecule has 0 aliphatic heterocycles. The zero-order valence-electron chi connectivity index (χ0n) is 32.9. The average molecular weight is 775 g/mol. The molecule has 0 atom stereocenters. The number of fused-ring (bicyclic) bond motifs is 3. The molecule has 0 radical (unpaired) electrons. The van der Waals surface area contributed by atoms with Crippen LogP contribution in [0.5, 0.6) is 0 Å². The number of benzene rings is 9. The van der Waals surface area contributed by atoms with E-state index in [4.69, 9.17) is 0 Å². The molecule has 1 aromatic heterocycles. The molecule has 61 heavy (non-hydrogen) atoms. The van der Waals surface area contributed by atoms with Crippen molar-refractivity contribution in [3.63, 3.8) is 0 Å². The van der Waals surface area contributed by atoms with Crippen molar-refractivity contribution in [3.8, 4) is 90.7 Å². The van der Waals surface area contributed by atoms with Crippen molar-refractivity contribution in [1.82, 2.24) is 4.57 Å². The lowest BCUT2D eigenvalue weighted by Crippen LogP contribution is -2.08. The first kappa shape index (κ1) is 36.6. The Kier molecular flexibility index (Phi) is 9.32. The highest BCUT2D eigenvalue weighted by atomic mass is 15.0. The van der Waals surface area contributed by atoms with Crippen molar-refractivity contribution in [3.05, 3.63) is 223 Å². The highest BCUT2D eigenvalue weighted by molar-refractivity contribution is 6.17. The molecule has 0 unspecified atom stereocenters.